The van der Waals surface area contributed by atoms with Crippen molar-refractivity contribution in [1.29, 1.82) is 0 Å². The molecule has 0 aliphatic heterocycles. The van der Waals surface area contributed by atoms with E-state index in [1.165, 1.54) is 246 Å². The van der Waals surface area contributed by atoms with Crippen LogP contribution in [0.1, 0.15) is 306 Å². The molecule has 502 valence electrons. The Morgan fingerprint density at radius 1 is 0.300 bits per heavy atom. The van der Waals surface area contributed by atoms with Gasteiger partial charge < -0.3 is 9.47 Å². The Labute approximate surface area is 553 Å². The summed E-state index contributed by atoms with van der Waals surface area (Å²) in [5, 5.41) is 0. The lowest BCUT2D eigenvalue weighted by atomic mass is 9.69. The number of aryl methyl sites for hydroxylation is 5. The molecular weight excluding hydrogens is 1100 g/mol. The van der Waals surface area contributed by atoms with Crippen LogP contribution in [0.3, 0.4) is 0 Å². The number of carbonyl (C=O) groups is 2. The highest BCUT2D eigenvalue weighted by Crippen LogP contribution is 2.46. The maximum atomic E-state index is 12.5. The second-order valence-electron chi connectivity index (χ2n) is 33.5. The zero-order chi connectivity index (χ0) is 63.2. The van der Waals surface area contributed by atoms with Gasteiger partial charge in [-0.25, -0.2) is 0 Å². The van der Waals surface area contributed by atoms with Crippen molar-refractivity contribution >= 4 is 11.9 Å². The Bertz CT molecular complexity index is 2330. The molecule has 0 bridgehead atoms. The third-order valence-electron chi connectivity index (χ3n) is 26.3. The quantitative estimate of drug-likeness (QED) is 0.119. The van der Waals surface area contributed by atoms with E-state index in [9.17, 15) is 9.59 Å². The van der Waals surface area contributed by atoms with Gasteiger partial charge in [-0.15, -0.1) is 0 Å². The first-order valence-corrected chi connectivity index (χ1v) is 39.2. The minimum Gasteiger partial charge on any atom is -0.462 e. The van der Waals surface area contributed by atoms with Gasteiger partial charge in [0, 0.05) is 0 Å². The smallest absolute Gasteiger partial charge is 0.314 e. The predicted octanol–water partition coefficient (Wildman–Crippen LogP) is 24.4. The maximum Gasteiger partial charge on any atom is 0.314 e. The average Bonchev–Trinajstić information content (AvgIpc) is 3.55. The van der Waals surface area contributed by atoms with Crippen LogP contribution >= 0.6 is 0 Å². The van der Waals surface area contributed by atoms with E-state index in [1.807, 2.05) is 31.2 Å². The fraction of sp³-hybridized carbons (Fsp3) is 0.767. The number of esters is 2. The van der Waals surface area contributed by atoms with E-state index in [0.29, 0.717) is 5.75 Å². The summed E-state index contributed by atoms with van der Waals surface area (Å²) in [4.78, 5) is 24.8. The summed E-state index contributed by atoms with van der Waals surface area (Å²) in [5.74, 6) is 15.7. The average molecular weight is 1230 g/mol. The summed E-state index contributed by atoms with van der Waals surface area (Å²) in [6.07, 6.45) is 54.9. The third kappa shape index (κ3) is 23.5. The Balaban J connectivity index is 0.000000142. The second kappa shape index (κ2) is 37.0. The molecule has 0 atom stereocenters. The van der Waals surface area contributed by atoms with Crippen molar-refractivity contribution in [3.63, 3.8) is 0 Å². The van der Waals surface area contributed by atoms with E-state index in [1.54, 1.807) is 0 Å². The molecule has 0 heterocycles. The number of rotatable bonds is 14. The molecule has 0 unspecified atom stereocenters. The van der Waals surface area contributed by atoms with Crippen molar-refractivity contribution in [2.24, 2.45) is 101 Å². The van der Waals surface area contributed by atoms with Gasteiger partial charge in [0.1, 0.15) is 11.9 Å². The summed E-state index contributed by atoms with van der Waals surface area (Å²) in [5.41, 5.74) is 7.02. The lowest BCUT2D eigenvalue weighted by molar-refractivity contribution is -0.157. The van der Waals surface area contributed by atoms with Gasteiger partial charge in [-0.05, 0) is 313 Å². The zero-order valence-corrected chi connectivity index (χ0v) is 59.2. The topological polar surface area (TPSA) is 52.6 Å². The summed E-state index contributed by atoms with van der Waals surface area (Å²) in [6, 6.07) is 26.1. The van der Waals surface area contributed by atoms with Crippen LogP contribution in [0.5, 0.6) is 5.75 Å². The van der Waals surface area contributed by atoms with E-state index in [4.69, 9.17) is 9.47 Å². The molecule has 9 saturated carbocycles. The summed E-state index contributed by atoms with van der Waals surface area (Å²) < 4.78 is 11.4. The Hall–Kier alpha value is -3.40. The zero-order valence-electron chi connectivity index (χ0n) is 59.2. The number of carbonyl (C=O) groups excluding carboxylic acids is 2. The van der Waals surface area contributed by atoms with Gasteiger partial charge in [0.05, 0.1) is 11.8 Å². The van der Waals surface area contributed by atoms with Crippen LogP contribution in [0, 0.1) is 121 Å². The Kier molecular flexibility index (Phi) is 29.2. The largest absolute Gasteiger partial charge is 0.462 e. The van der Waals surface area contributed by atoms with E-state index in [-0.39, 0.29) is 29.9 Å². The molecule has 0 spiro atoms. The van der Waals surface area contributed by atoms with Crippen LogP contribution in [0.15, 0.2) is 72.8 Å². The SMILES string of the molecule is CC1CCC(OC(=O)C2CCC(C3CCC(C)CC3)CC2)CC1.Cc1ccc(CCC2CCC(C3CCC(C)CC3)CC2)cc1.Cc1ccc(CCC2CCC(C3CCC(C)CC3)CC2)cc1.Cc1ccc(OC(=O)C2CCC(C3CCC(C)CC3)CC2)cc1. The van der Waals surface area contributed by atoms with E-state index < -0.39 is 0 Å². The van der Waals surface area contributed by atoms with Gasteiger partial charge in [0.2, 0.25) is 0 Å². The molecule has 9 aliphatic carbocycles. The Morgan fingerprint density at radius 2 is 0.544 bits per heavy atom. The second-order valence-corrected chi connectivity index (χ2v) is 33.5. The van der Waals surface area contributed by atoms with Gasteiger partial charge in [-0.1, -0.05) is 189 Å². The molecule has 90 heavy (non-hydrogen) atoms. The first-order chi connectivity index (χ1) is 43.6. The van der Waals surface area contributed by atoms with Crippen LogP contribution < -0.4 is 4.74 Å². The highest BCUT2D eigenvalue weighted by Gasteiger charge is 2.37. The first kappa shape index (κ1) is 70.9. The molecule has 9 fully saturated rings. The normalized spacial score (nSPS) is 34.9. The molecule has 3 aromatic carbocycles. The molecule has 0 N–H and O–H groups in total. The molecule has 4 heteroatoms. The van der Waals surface area contributed by atoms with Crippen molar-refractivity contribution in [1.82, 2.24) is 0 Å². The minimum atomic E-state index is -0.0235. The number of hydrogen-bond donors (Lipinski definition) is 0. The summed E-state index contributed by atoms with van der Waals surface area (Å²) >= 11 is 0. The monoisotopic (exact) mass is 1230 g/mol. The van der Waals surface area contributed by atoms with Crippen molar-refractivity contribution in [3.05, 3.63) is 101 Å². The molecule has 0 aromatic heterocycles. The van der Waals surface area contributed by atoms with Crippen molar-refractivity contribution < 1.29 is 19.1 Å². The molecule has 9 aliphatic rings. The van der Waals surface area contributed by atoms with Gasteiger partial charge in [0.15, 0.2) is 0 Å². The summed E-state index contributed by atoms with van der Waals surface area (Å²) in [7, 11) is 0. The van der Waals surface area contributed by atoms with Crippen molar-refractivity contribution in [3.8, 4) is 5.75 Å². The van der Waals surface area contributed by atoms with E-state index >= 15 is 0 Å². The summed E-state index contributed by atoms with van der Waals surface area (Å²) in [6.45, 7) is 18.4. The molecule has 0 radical (unpaired) electrons. The van der Waals surface area contributed by atoms with Crippen LogP contribution in [0.2, 0.25) is 0 Å². The maximum absolute atomic E-state index is 12.5. The van der Waals surface area contributed by atoms with Gasteiger partial charge >= 0.3 is 11.9 Å². The van der Waals surface area contributed by atoms with Gasteiger partial charge in [0.25, 0.3) is 0 Å². The van der Waals surface area contributed by atoms with Crippen LogP contribution in [-0.2, 0) is 27.2 Å². The van der Waals surface area contributed by atoms with E-state index in [2.05, 4.69) is 97.0 Å². The molecule has 0 amide bonds. The van der Waals surface area contributed by atoms with Crippen LogP contribution in [-0.4, -0.2) is 18.0 Å². The van der Waals surface area contributed by atoms with Crippen LogP contribution in [0.25, 0.3) is 0 Å². The minimum absolute atomic E-state index is 0.0235. The molecule has 3 aromatic rings. The standard InChI is InChI=1S/2C22H34.C21H36O2.C21H30O2/c2*1-17-3-7-19(8-4-17)9-10-20-11-15-22(16-12-20)21-13-5-18(2)6-14-21;2*1-15-3-7-17(8-4-15)18-9-11-19(12-10-18)21(22)23-20-13-5-16(2)6-14-20/h2*3-4,7-8,18,20-22H,5-6,9-16H2,1-2H3;15-20H,3-14H2,1-2H3;5-6,13-15,17-19H,3-4,7-12H2,1-2H3. The third-order valence-corrected chi connectivity index (χ3v) is 26.3. The molecular formula is C86H134O4. The number of ether oxygens (including phenoxy) is 2. The number of benzene rings is 3. The highest BCUT2D eigenvalue weighted by molar-refractivity contribution is 5.75. The van der Waals surface area contributed by atoms with E-state index in [0.717, 1.165) is 127 Å². The predicted molar refractivity (Wildman–Crippen MR) is 380 cm³/mol. The fourth-order valence-corrected chi connectivity index (χ4v) is 19.2. The molecule has 0 saturated heterocycles. The van der Waals surface area contributed by atoms with Gasteiger partial charge in [-0.2, -0.15) is 0 Å². The fourth-order valence-electron chi connectivity index (χ4n) is 19.2. The molecule has 4 nitrogen and oxygen atoms in total. The van der Waals surface area contributed by atoms with Gasteiger partial charge in [-0.3, -0.25) is 9.59 Å². The number of hydrogen-bond acceptors (Lipinski definition) is 4. The highest BCUT2D eigenvalue weighted by atomic mass is 16.5. The first-order valence-electron chi connectivity index (χ1n) is 39.2. The lowest BCUT2D eigenvalue weighted by Gasteiger charge is -2.37. The van der Waals surface area contributed by atoms with Crippen molar-refractivity contribution in [2.45, 2.75) is 318 Å². The van der Waals surface area contributed by atoms with Crippen molar-refractivity contribution in [2.75, 3.05) is 0 Å². The molecule has 12 rings (SSSR count). The van der Waals surface area contributed by atoms with Crippen LogP contribution in [0.4, 0.5) is 0 Å². The Morgan fingerprint density at radius 3 is 0.844 bits per heavy atom. The lowest BCUT2D eigenvalue weighted by Crippen LogP contribution is -2.31.